The molecule has 2 heterocycles. The van der Waals surface area contributed by atoms with E-state index in [1.54, 1.807) is 23.5 Å². The summed E-state index contributed by atoms with van der Waals surface area (Å²) in [5.74, 6) is 2.10. The van der Waals surface area contributed by atoms with E-state index >= 15 is 0 Å². The maximum atomic E-state index is 10.9. The Morgan fingerprint density at radius 1 is 1.14 bits per heavy atom. The predicted molar refractivity (Wildman–Crippen MR) is 117 cm³/mol. The van der Waals surface area contributed by atoms with Crippen molar-refractivity contribution in [2.75, 3.05) is 11.5 Å². The number of nitrogens with one attached hydrogen (secondary N) is 1. The van der Waals surface area contributed by atoms with Crippen molar-refractivity contribution in [1.82, 2.24) is 0 Å². The van der Waals surface area contributed by atoms with Gasteiger partial charge in [-0.05, 0) is 24.3 Å². The van der Waals surface area contributed by atoms with E-state index in [1.807, 2.05) is 18.2 Å². The second-order valence-corrected chi connectivity index (χ2v) is 10.9. The summed E-state index contributed by atoms with van der Waals surface area (Å²) in [5, 5.41) is 23.8. The van der Waals surface area contributed by atoms with Gasteiger partial charge < -0.3 is 5.32 Å². The molecule has 5 N–H and O–H groups in total. The van der Waals surface area contributed by atoms with Gasteiger partial charge in [-0.15, -0.1) is 0 Å². The summed E-state index contributed by atoms with van der Waals surface area (Å²) < 4.78 is -0.669. The molecule has 0 unspecified atom stereocenters. The molecule has 0 fully saturated rings. The Bertz CT molecular complexity index is 952. The lowest BCUT2D eigenvalue weighted by Crippen LogP contribution is -2.91. The van der Waals surface area contributed by atoms with Crippen LogP contribution in [-0.2, 0) is 0 Å². The van der Waals surface area contributed by atoms with Crippen molar-refractivity contribution in [1.29, 1.82) is 10.5 Å². The first-order valence-corrected chi connectivity index (χ1v) is 12.2. The number of thioether (sulfide) groups is 2. The molecule has 0 saturated carbocycles. The zero-order valence-electron chi connectivity index (χ0n) is 16.9. The van der Waals surface area contributed by atoms with Crippen molar-refractivity contribution in [3.8, 4) is 12.1 Å². The van der Waals surface area contributed by atoms with Crippen LogP contribution in [-0.4, -0.2) is 21.5 Å². The minimum atomic E-state index is -1.14. The predicted octanol–water partition coefficient (Wildman–Crippen LogP) is 1.37. The van der Waals surface area contributed by atoms with Gasteiger partial charge in [0.1, 0.15) is 11.7 Å². The van der Waals surface area contributed by atoms with Gasteiger partial charge in [0.25, 0.3) is 5.84 Å². The summed E-state index contributed by atoms with van der Waals surface area (Å²) in [6.07, 6.45) is 2.85. The number of nitriles is 2. The van der Waals surface area contributed by atoms with Crippen LogP contribution in [0.15, 0.2) is 41.6 Å². The number of fused-ring (bicyclic) bond motifs is 2. The van der Waals surface area contributed by atoms with Gasteiger partial charge in [-0.3, -0.25) is 10.7 Å². The van der Waals surface area contributed by atoms with E-state index in [-0.39, 0.29) is 6.04 Å². The third kappa shape index (κ3) is 2.42. The molecule has 0 saturated heterocycles. The van der Waals surface area contributed by atoms with Crippen LogP contribution in [0.1, 0.15) is 44.7 Å². The van der Waals surface area contributed by atoms with Crippen molar-refractivity contribution in [3.05, 3.63) is 47.2 Å². The summed E-state index contributed by atoms with van der Waals surface area (Å²) in [6.45, 7) is 4.21. The zero-order valence-corrected chi connectivity index (χ0v) is 18.5. The highest BCUT2D eigenvalue weighted by Gasteiger charge is 2.82. The van der Waals surface area contributed by atoms with Crippen LogP contribution in [0, 0.1) is 33.5 Å². The number of benzene rings is 1. The largest absolute Gasteiger partial charge is 0.309 e. The fourth-order valence-electron chi connectivity index (χ4n) is 5.56. The average molecular weight is 426 g/mol. The Morgan fingerprint density at radius 3 is 2.41 bits per heavy atom. The Balaban J connectivity index is 2.08. The first-order valence-electron chi connectivity index (χ1n) is 10.2. The first-order chi connectivity index (χ1) is 14.1. The minimum absolute atomic E-state index is 0.255. The van der Waals surface area contributed by atoms with Gasteiger partial charge in [0.2, 0.25) is 9.62 Å². The fourth-order valence-corrected chi connectivity index (χ4v) is 8.87. The molecule has 3 aliphatic rings. The highest BCUT2D eigenvalue weighted by Crippen LogP contribution is 2.66. The van der Waals surface area contributed by atoms with Gasteiger partial charge in [0.05, 0.1) is 12.1 Å². The third-order valence-electron chi connectivity index (χ3n) is 6.55. The molecular weight excluding hydrogens is 398 g/mol. The highest BCUT2D eigenvalue weighted by molar-refractivity contribution is 8.17. The summed E-state index contributed by atoms with van der Waals surface area (Å²) in [6, 6.07) is 15.2. The third-order valence-corrected chi connectivity index (χ3v) is 9.47. The lowest BCUT2D eigenvalue weighted by Gasteiger charge is -2.47. The molecule has 1 aromatic carbocycles. The number of amidine groups is 1. The van der Waals surface area contributed by atoms with Crippen LogP contribution in [0.5, 0.6) is 0 Å². The fraction of sp³-hybridized carbons (Fsp3) is 0.500. The zero-order chi connectivity index (χ0) is 20.7. The molecule has 0 radical (unpaired) electrons. The molecule has 150 valence electrons. The SMILES string of the molecule is CCSC1(SCC)[NH+]=C(N)[C@@]2(C#N)[C@@H](c3ccccc3)[NH2+]C3=C(CCC3)[C@@]12C#N. The monoisotopic (exact) mass is 425 g/mol. The van der Waals surface area contributed by atoms with Crippen molar-refractivity contribution in [3.63, 3.8) is 0 Å². The number of quaternary nitrogens is 1. The van der Waals surface area contributed by atoms with Gasteiger partial charge in [0.15, 0.2) is 5.41 Å². The molecule has 2 aliphatic heterocycles. The Labute approximate surface area is 180 Å². The molecule has 5 nitrogen and oxygen atoms in total. The smallest absolute Gasteiger partial charge is 0.272 e. The first kappa shape index (κ1) is 20.3. The molecule has 7 heteroatoms. The summed E-state index contributed by atoms with van der Waals surface area (Å²) in [4.78, 5) is 3.53. The number of hydrogen-bond acceptors (Lipinski definition) is 5. The quantitative estimate of drug-likeness (QED) is 0.618. The van der Waals surface area contributed by atoms with Crippen LogP contribution < -0.4 is 16.0 Å². The van der Waals surface area contributed by atoms with Crippen LogP contribution in [0.25, 0.3) is 0 Å². The van der Waals surface area contributed by atoms with Crippen LogP contribution >= 0.6 is 23.5 Å². The molecule has 0 spiro atoms. The lowest BCUT2D eigenvalue weighted by atomic mass is 9.55. The summed E-state index contributed by atoms with van der Waals surface area (Å²) >= 11 is 3.43. The summed E-state index contributed by atoms with van der Waals surface area (Å²) in [7, 11) is 0. The topological polar surface area (TPSA) is 104 Å². The molecule has 0 aromatic heterocycles. The minimum Gasteiger partial charge on any atom is -0.309 e. The number of allylic oxidation sites excluding steroid dienone is 1. The molecular formula is C22H27N5S2+2. The molecule has 0 bridgehead atoms. The molecule has 0 amide bonds. The van der Waals surface area contributed by atoms with E-state index < -0.39 is 15.0 Å². The average Bonchev–Trinajstić information content (AvgIpc) is 3.28. The lowest BCUT2D eigenvalue weighted by molar-refractivity contribution is -0.670. The summed E-state index contributed by atoms with van der Waals surface area (Å²) in [5.41, 5.74) is 7.97. The van der Waals surface area contributed by atoms with Gasteiger partial charge in [-0.2, -0.15) is 10.5 Å². The standard InChI is InChI=1S/C22H25N5S2/c1-3-28-22(29-4-2)21(14-24)16-11-8-12-17(16)26-18(15-9-6-5-7-10-15)20(21,13-23)19(25)27-22/h5-7,9-10,18,26H,3-4,8,11-12H2,1-2H3,(H2,25,27)/p+2/t18-,20-,21-/m1/s1. The van der Waals surface area contributed by atoms with Crippen molar-refractivity contribution in [2.24, 2.45) is 16.6 Å². The van der Waals surface area contributed by atoms with Gasteiger partial charge in [0, 0.05) is 17.6 Å². The normalized spacial score (nSPS) is 32.1. The molecule has 4 rings (SSSR count). The van der Waals surface area contributed by atoms with Gasteiger partial charge in [-0.25, -0.2) is 0 Å². The van der Waals surface area contributed by atoms with Gasteiger partial charge >= 0.3 is 0 Å². The van der Waals surface area contributed by atoms with E-state index in [4.69, 9.17) is 5.73 Å². The Morgan fingerprint density at radius 2 is 1.83 bits per heavy atom. The van der Waals surface area contributed by atoms with Crippen molar-refractivity contribution >= 4 is 29.4 Å². The number of nitrogens with zero attached hydrogens (tertiary/aromatic N) is 2. The van der Waals surface area contributed by atoms with Crippen molar-refractivity contribution < 1.29 is 10.3 Å². The van der Waals surface area contributed by atoms with E-state index in [0.29, 0.717) is 5.84 Å². The second kappa shape index (κ2) is 7.40. The Hall–Kier alpha value is -1.93. The van der Waals surface area contributed by atoms with E-state index in [9.17, 15) is 10.5 Å². The molecule has 1 aromatic rings. The van der Waals surface area contributed by atoms with E-state index in [0.717, 1.165) is 41.9 Å². The van der Waals surface area contributed by atoms with Crippen LogP contribution in [0.2, 0.25) is 0 Å². The maximum absolute atomic E-state index is 10.9. The van der Waals surface area contributed by atoms with Gasteiger partial charge in [-0.1, -0.05) is 67.7 Å². The highest BCUT2D eigenvalue weighted by atomic mass is 32.2. The number of hydrogen-bond donors (Lipinski definition) is 3. The number of rotatable bonds is 5. The second-order valence-electron chi connectivity index (χ2n) is 7.72. The van der Waals surface area contributed by atoms with E-state index in [1.165, 1.54) is 5.70 Å². The molecule has 3 atom stereocenters. The van der Waals surface area contributed by atoms with Crippen LogP contribution in [0.4, 0.5) is 0 Å². The van der Waals surface area contributed by atoms with E-state index in [2.05, 4.69) is 48.4 Å². The molecule has 1 aliphatic carbocycles. The Kier molecular flexibility index (Phi) is 5.19. The maximum Gasteiger partial charge on any atom is 0.272 e. The van der Waals surface area contributed by atoms with Crippen LogP contribution in [0.3, 0.4) is 0 Å². The van der Waals surface area contributed by atoms with Crippen molar-refractivity contribution in [2.45, 2.75) is 43.4 Å². The number of nitrogens with two attached hydrogens (primary N) is 2. The molecule has 29 heavy (non-hydrogen) atoms.